The monoisotopic (exact) mass is 270 g/mol. The van der Waals surface area contributed by atoms with E-state index in [-0.39, 0.29) is 5.97 Å². The number of aryl methyl sites for hydroxylation is 1. The molecule has 0 aliphatic carbocycles. The molecule has 1 heterocycles. The van der Waals surface area contributed by atoms with Crippen molar-refractivity contribution in [2.24, 2.45) is 0 Å². The smallest absolute Gasteiger partial charge is 0.306 e. The Morgan fingerprint density at radius 3 is 2.60 bits per heavy atom. The van der Waals surface area contributed by atoms with Crippen LogP contribution in [0.5, 0.6) is 0 Å². The van der Waals surface area contributed by atoms with Gasteiger partial charge < -0.3 is 10.5 Å². The second-order valence-corrected chi connectivity index (χ2v) is 4.57. The average molecular weight is 270 g/mol. The third kappa shape index (κ3) is 4.72. The molecule has 2 rings (SSSR count). The van der Waals surface area contributed by atoms with Crippen LogP contribution < -0.4 is 5.73 Å². The molecule has 0 radical (unpaired) electrons. The number of benzene rings is 1. The minimum Gasteiger partial charge on any atom is -0.465 e. The quantitative estimate of drug-likeness (QED) is 0.646. The van der Waals surface area contributed by atoms with E-state index >= 15 is 0 Å². The molecule has 1 aromatic heterocycles. The number of rotatable bonds is 6. The highest BCUT2D eigenvalue weighted by molar-refractivity contribution is 5.69. The predicted octanol–water partition coefficient (Wildman–Crippen LogP) is 2.38. The third-order valence-electron chi connectivity index (χ3n) is 2.97. The number of ether oxygens (including phenoxy) is 1. The van der Waals surface area contributed by atoms with Gasteiger partial charge in [-0.2, -0.15) is 0 Å². The zero-order chi connectivity index (χ0) is 14.2. The summed E-state index contributed by atoms with van der Waals surface area (Å²) in [4.78, 5) is 15.6. The fourth-order valence-corrected chi connectivity index (χ4v) is 1.83. The Balaban J connectivity index is 1.67. The molecule has 0 aliphatic rings. The van der Waals surface area contributed by atoms with Gasteiger partial charge in [-0.05, 0) is 35.7 Å². The lowest BCUT2D eigenvalue weighted by Crippen LogP contribution is -2.08. The lowest BCUT2D eigenvalue weighted by atomic mass is 10.1. The maximum absolute atomic E-state index is 11.6. The van der Waals surface area contributed by atoms with Gasteiger partial charge in [-0.25, -0.2) is 0 Å². The first-order valence-corrected chi connectivity index (χ1v) is 6.63. The van der Waals surface area contributed by atoms with E-state index in [0.717, 1.165) is 16.8 Å². The summed E-state index contributed by atoms with van der Waals surface area (Å²) in [5, 5.41) is 0. The summed E-state index contributed by atoms with van der Waals surface area (Å²) >= 11 is 0. The number of carbonyl (C=O) groups excluding carboxylic acids is 1. The summed E-state index contributed by atoms with van der Waals surface area (Å²) < 4.78 is 5.20. The summed E-state index contributed by atoms with van der Waals surface area (Å²) in [5.74, 6) is -0.175. The second kappa shape index (κ2) is 7.28. The molecule has 2 aromatic rings. The maximum Gasteiger partial charge on any atom is 0.306 e. The van der Waals surface area contributed by atoms with Crippen LogP contribution in [0.4, 0.5) is 5.69 Å². The summed E-state index contributed by atoms with van der Waals surface area (Å²) in [5.41, 5.74) is 8.49. The van der Waals surface area contributed by atoms with Crippen molar-refractivity contribution in [2.75, 3.05) is 12.3 Å². The molecule has 0 saturated carbocycles. The fourth-order valence-electron chi connectivity index (χ4n) is 1.83. The third-order valence-corrected chi connectivity index (χ3v) is 2.97. The van der Waals surface area contributed by atoms with Crippen LogP contribution in [0.1, 0.15) is 17.5 Å². The molecule has 0 aliphatic heterocycles. The topological polar surface area (TPSA) is 65.2 Å². The minimum atomic E-state index is -0.175. The first-order chi connectivity index (χ1) is 9.74. The van der Waals surface area contributed by atoms with Crippen LogP contribution in [0, 0.1) is 0 Å². The van der Waals surface area contributed by atoms with Crippen molar-refractivity contribution < 1.29 is 9.53 Å². The van der Waals surface area contributed by atoms with Gasteiger partial charge in [0.15, 0.2) is 0 Å². The number of anilines is 1. The first kappa shape index (κ1) is 14.1. The van der Waals surface area contributed by atoms with Gasteiger partial charge in [-0.3, -0.25) is 9.78 Å². The zero-order valence-corrected chi connectivity index (χ0v) is 11.3. The van der Waals surface area contributed by atoms with Gasteiger partial charge >= 0.3 is 5.97 Å². The van der Waals surface area contributed by atoms with Crippen LogP contribution in [0.25, 0.3) is 0 Å². The molecule has 20 heavy (non-hydrogen) atoms. The van der Waals surface area contributed by atoms with E-state index in [9.17, 15) is 4.79 Å². The lowest BCUT2D eigenvalue weighted by molar-refractivity contribution is -0.143. The molecule has 0 saturated heterocycles. The van der Waals surface area contributed by atoms with Crippen molar-refractivity contribution in [1.82, 2.24) is 4.98 Å². The number of pyridine rings is 1. The van der Waals surface area contributed by atoms with Crippen LogP contribution in [-0.2, 0) is 22.4 Å². The highest BCUT2D eigenvalue weighted by Crippen LogP contribution is 2.08. The normalized spacial score (nSPS) is 10.2. The molecule has 4 heteroatoms. The standard InChI is InChI=1S/C16H18N2O2/c17-15-6-3-13(4-7-15)5-8-16(19)20-11-9-14-2-1-10-18-12-14/h1-4,6-7,10,12H,5,8-9,11,17H2. The summed E-state index contributed by atoms with van der Waals surface area (Å²) in [6.45, 7) is 0.395. The Kier molecular flexibility index (Phi) is 5.12. The van der Waals surface area contributed by atoms with Crippen molar-refractivity contribution in [3.05, 3.63) is 59.9 Å². The molecule has 0 bridgehead atoms. The van der Waals surface area contributed by atoms with E-state index in [4.69, 9.17) is 10.5 Å². The predicted molar refractivity (Wildman–Crippen MR) is 78.1 cm³/mol. The molecular formula is C16H18N2O2. The minimum absolute atomic E-state index is 0.175. The number of nitrogens with two attached hydrogens (primary N) is 1. The number of nitrogen functional groups attached to an aromatic ring is 1. The van der Waals surface area contributed by atoms with Crippen molar-refractivity contribution >= 4 is 11.7 Å². The van der Waals surface area contributed by atoms with Crippen LogP contribution in [0.3, 0.4) is 0 Å². The number of hydrogen-bond donors (Lipinski definition) is 1. The van der Waals surface area contributed by atoms with Crippen LogP contribution in [0.15, 0.2) is 48.8 Å². The van der Waals surface area contributed by atoms with Crippen LogP contribution >= 0.6 is 0 Å². The molecule has 1 aromatic carbocycles. The van der Waals surface area contributed by atoms with Gasteiger partial charge in [0.1, 0.15) is 0 Å². The van der Waals surface area contributed by atoms with E-state index < -0.39 is 0 Å². The highest BCUT2D eigenvalue weighted by Gasteiger charge is 2.04. The van der Waals surface area contributed by atoms with Crippen LogP contribution in [-0.4, -0.2) is 17.6 Å². The van der Waals surface area contributed by atoms with Gasteiger partial charge in [-0.1, -0.05) is 18.2 Å². The lowest BCUT2D eigenvalue weighted by Gasteiger charge is -2.05. The van der Waals surface area contributed by atoms with E-state index in [0.29, 0.717) is 25.9 Å². The fraction of sp³-hybridized carbons (Fsp3) is 0.250. The Hall–Kier alpha value is -2.36. The SMILES string of the molecule is Nc1ccc(CCC(=O)OCCc2cccnc2)cc1. The van der Waals surface area contributed by atoms with E-state index in [1.807, 2.05) is 36.4 Å². The molecule has 0 spiro atoms. The van der Waals surface area contributed by atoms with E-state index in [2.05, 4.69) is 4.98 Å². The summed E-state index contributed by atoms with van der Waals surface area (Å²) in [6, 6.07) is 11.4. The Labute approximate surface area is 118 Å². The zero-order valence-electron chi connectivity index (χ0n) is 11.3. The van der Waals surface area contributed by atoms with Crippen molar-refractivity contribution in [2.45, 2.75) is 19.3 Å². The van der Waals surface area contributed by atoms with E-state index in [1.165, 1.54) is 0 Å². The number of nitrogens with zero attached hydrogens (tertiary/aromatic N) is 1. The van der Waals surface area contributed by atoms with Crippen LogP contribution in [0.2, 0.25) is 0 Å². The number of hydrogen-bond acceptors (Lipinski definition) is 4. The largest absolute Gasteiger partial charge is 0.465 e. The summed E-state index contributed by atoms with van der Waals surface area (Å²) in [7, 11) is 0. The number of aromatic nitrogens is 1. The Morgan fingerprint density at radius 1 is 1.10 bits per heavy atom. The van der Waals surface area contributed by atoms with Crippen molar-refractivity contribution in [1.29, 1.82) is 0 Å². The molecular weight excluding hydrogens is 252 g/mol. The van der Waals surface area contributed by atoms with Gasteiger partial charge in [-0.15, -0.1) is 0 Å². The van der Waals surface area contributed by atoms with Gasteiger partial charge in [0.2, 0.25) is 0 Å². The molecule has 0 amide bonds. The highest BCUT2D eigenvalue weighted by atomic mass is 16.5. The molecule has 0 unspecified atom stereocenters. The van der Waals surface area contributed by atoms with Crippen molar-refractivity contribution in [3.63, 3.8) is 0 Å². The van der Waals surface area contributed by atoms with Gasteiger partial charge in [0.05, 0.1) is 6.61 Å². The maximum atomic E-state index is 11.6. The van der Waals surface area contributed by atoms with Gasteiger partial charge in [0, 0.05) is 30.9 Å². The number of carbonyl (C=O) groups is 1. The second-order valence-electron chi connectivity index (χ2n) is 4.57. The molecule has 0 atom stereocenters. The Bertz CT molecular complexity index is 538. The molecule has 0 fully saturated rings. The average Bonchev–Trinajstić information content (AvgIpc) is 2.48. The molecule has 4 nitrogen and oxygen atoms in total. The van der Waals surface area contributed by atoms with Crippen molar-refractivity contribution in [3.8, 4) is 0 Å². The van der Waals surface area contributed by atoms with Gasteiger partial charge in [0.25, 0.3) is 0 Å². The Morgan fingerprint density at radius 2 is 1.90 bits per heavy atom. The first-order valence-electron chi connectivity index (χ1n) is 6.63. The van der Waals surface area contributed by atoms with E-state index in [1.54, 1.807) is 12.4 Å². The molecule has 104 valence electrons. The molecule has 2 N–H and O–H groups in total. The number of esters is 1. The summed E-state index contributed by atoms with van der Waals surface area (Å²) in [6.07, 6.45) is 5.26.